The SMILES string of the molecule is ClC1(Cl)C2C(Cl)(Cl)C3(Cl)C(Cl)(Cl)C1(Cl)C(Cl)(Cl)C(Cl)(C2(Cl)Cl)C3(Cl)Cl. The molecule has 0 aromatic carbocycles. The molecule has 0 amide bonds. The number of hydrogen-bond donors (Lipinski definition) is 0. The second-order valence-electron chi connectivity index (χ2n) is 6.00. The lowest BCUT2D eigenvalue weighted by atomic mass is 9.51. The van der Waals surface area contributed by atoms with Gasteiger partial charge in [-0.05, 0) is 0 Å². The van der Waals surface area contributed by atoms with E-state index in [-0.39, 0.29) is 0 Å². The second kappa shape index (κ2) is 5.63. The van der Waals surface area contributed by atoms with Gasteiger partial charge in [-0.1, -0.05) is 139 Å². The summed E-state index contributed by atoms with van der Waals surface area (Å²) in [6.45, 7) is 0. The molecule has 0 aromatic heterocycles. The molecule has 0 nitrogen and oxygen atoms in total. The average Bonchev–Trinajstić information content (AvgIpc) is 2.38. The summed E-state index contributed by atoms with van der Waals surface area (Å²) in [4.78, 5) is -7.28. The van der Waals surface area contributed by atoms with Crippen LogP contribution >= 0.6 is 174 Å². The Morgan fingerprint density at radius 2 is 0.480 bits per heavy atom. The summed E-state index contributed by atoms with van der Waals surface area (Å²) in [5, 5.41) is 0. The Labute approximate surface area is 218 Å². The zero-order valence-corrected chi connectivity index (χ0v) is 22.1. The molecule has 4 aliphatic rings. The Hall–Kier alpha value is 4.35. The molecule has 0 saturated heterocycles. The summed E-state index contributed by atoms with van der Waals surface area (Å²) in [6.07, 6.45) is 0. The van der Waals surface area contributed by atoms with Crippen LogP contribution in [0.5, 0.6) is 0 Å². The zero-order chi connectivity index (χ0) is 20.1. The second-order valence-corrected chi connectivity index (χ2v) is 15.8. The van der Waals surface area contributed by atoms with E-state index in [0.29, 0.717) is 0 Å². The summed E-state index contributed by atoms with van der Waals surface area (Å²) in [7, 11) is 0. The summed E-state index contributed by atoms with van der Waals surface area (Å²) >= 11 is 97.7. The maximum Gasteiger partial charge on any atom is 0.168 e. The van der Waals surface area contributed by atoms with Gasteiger partial charge < -0.3 is 0 Å². The zero-order valence-electron chi connectivity index (χ0n) is 10.7. The van der Waals surface area contributed by atoms with Crippen LogP contribution in [0.3, 0.4) is 0 Å². The Morgan fingerprint density at radius 1 is 0.320 bits per heavy atom. The van der Waals surface area contributed by atoms with E-state index in [0.717, 1.165) is 0 Å². The van der Waals surface area contributed by atoms with Crippen LogP contribution in [0, 0.1) is 5.92 Å². The van der Waals surface area contributed by atoms with E-state index in [1.807, 2.05) is 0 Å². The maximum atomic E-state index is 6.65. The van der Waals surface area contributed by atoms with Crippen molar-refractivity contribution in [2.24, 2.45) is 5.92 Å². The molecule has 15 heteroatoms. The van der Waals surface area contributed by atoms with Crippen LogP contribution in [0.2, 0.25) is 0 Å². The van der Waals surface area contributed by atoms with Crippen molar-refractivity contribution >= 4 is 174 Å². The molecule has 0 aromatic rings. The van der Waals surface area contributed by atoms with Gasteiger partial charge in [0.05, 0.1) is 5.92 Å². The van der Waals surface area contributed by atoms with Gasteiger partial charge in [0.1, 0.15) is 14.6 Å². The Bertz CT molecular complexity index is 551. The number of rotatable bonds is 0. The van der Waals surface area contributed by atoms with Crippen molar-refractivity contribution in [1.29, 1.82) is 0 Å². The van der Waals surface area contributed by atoms with Crippen LogP contribution in [0.25, 0.3) is 0 Å². The van der Waals surface area contributed by atoms with Gasteiger partial charge in [-0.3, -0.25) is 0 Å². The minimum Gasteiger partial charge on any atom is -0.109 e. The van der Waals surface area contributed by atoms with Crippen molar-refractivity contribution < 1.29 is 0 Å². The Morgan fingerprint density at radius 3 is 0.640 bits per heavy atom. The molecule has 0 aliphatic heterocycles. The van der Waals surface area contributed by atoms with Gasteiger partial charge in [0, 0.05) is 0 Å². The highest BCUT2D eigenvalue weighted by molar-refractivity contribution is 6.80. The standard InChI is InChI=1S/C10HCl15/c11-2(12)1-3(13,14)6(18)8(20,21)5(2,17)9(22,23)7(19,4(1,15)16)10(6,24)25/h1H. The van der Waals surface area contributed by atoms with E-state index in [1.165, 1.54) is 0 Å². The van der Waals surface area contributed by atoms with Crippen LogP contribution in [0.1, 0.15) is 0 Å². The van der Waals surface area contributed by atoms with Crippen LogP contribution < -0.4 is 0 Å². The minimum atomic E-state index is -2.53. The maximum absolute atomic E-state index is 6.65. The van der Waals surface area contributed by atoms with Crippen molar-refractivity contribution in [1.82, 2.24) is 0 Å². The highest BCUT2D eigenvalue weighted by Gasteiger charge is 3.06. The average molecular weight is 653 g/mol. The molecular formula is C10HCl15. The monoisotopic (exact) mass is 646 g/mol. The van der Waals surface area contributed by atoms with Crippen LogP contribution in [0.15, 0.2) is 0 Å². The third-order valence-electron chi connectivity index (χ3n) is 5.06. The highest BCUT2D eigenvalue weighted by atomic mass is 35.6. The lowest BCUT2D eigenvalue weighted by Gasteiger charge is -2.82. The molecule has 0 unspecified atom stereocenters. The van der Waals surface area contributed by atoms with Gasteiger partial charge >= 0.3 is 0 Å². The Balaban J connectivity index is 2.64. The fourth-order valence-electron chi connectivity index (χ4n) is 3.84. The van der Waals surface area contributed by atoms with Gasteiger partial charge in [-0.15, -0.1) is 34.8 Å². The van der Waals surface area contributed by atoms with Gasteiger partial charge in [0.25, 0.3) is 0 Å². The summed E-state index contributed by atoms with van der Waals surface area (Å²) < 4.78 is -14.6. The molecule has 146 valence electrons. The predicted octanol–water partition coefficient (Wildman–Crippen LogP) is 8.62. The molecule has 4 fully saturated rings. The van der Waals surface area contributed by atoms with Gasteiger partial charge in [-0.25, -0.2) is 0 Å². The first kappa shape index (κ1) is 24.0. The number of alkyl halides is 15. The van der Waals surface area contributed by atoms with Gasteiger partial charge in [-0.2, -0.15) is 0 Å². The fraction of sp³-hybridized carbons (Fsp3) is 1.00. The molecule has 0 spiro atoms. The third-order valence-corrected chi connectivity index (χ3v) is 15.8. The van der Waals surface area contributed by atoms with Crippen molar-refractivity contribution in [3.05, 3.63) is 0 Å². The molecule has 4 saturated carbocycles. The van der Waals surface area contributed by atoms with E-state index in [4.69, 9.17) is 174 Å². The molecule has 25 heavy (non-hydrogen) atoms. The van der Waals surface area contributed by atoms with E-state index >= 15 is 0 Å². The van der Waals surface area contributed by atoms with Crippen molar-refractivity contribution in [2.75, 3.05) is 0 Å². The third kappa shape index (κ3) is 1.84. The highest BCUT2D eigenvalue weighted by Crippen LogP contribution is 2.92. The van der Waals surface area contributed by atoms with E-state index in [2.05, 4.69) is 0 Å². The first-order valence-corrected chi connectivity index (χ1v) is 11.6. The van der Waals surface area contributed by atoms with Crippen LogP contribution in [-0.4, -0.2) is 40.6 Å². The Kier molecular flexibility index (Phi) is 5.41. The van der Waals surface area contributed by atoms with Gasteiger partial charge in [0.15, 0.2) is 26.0 Å². The molecule has 0 heterocycles. The van der Waals surface area contributed by atoms with Crippen molar-refractivity contribution in [3.8, 4) is 0 Å². The van der Waals surface area contributed by atoms with Crippen LogP contribution in [-0.2, 0) is 0 Å². The molecule has 0 atom stereocenters. The van der Waals surface area contributed by atoms with Crippen molar-refractivity contribution in [2.45, 2.75) is 40.6 Å². The molecular weight excluding hydrogens is 652 g/mol. The normalized spacial score (nSPS) is 52.2. The van der Waals surface area contributed by atoms with E-state index in [9.17, 15) is 0 Å². The minimum absolute atomic E-state index is 1.60. The fourth-order valence-corrected chi connectivity index (χ4v) is 14.7. The van der Waals surface area contributed by atoms with E-state index in [1.54, 1.807) is 0 Å². The number of halogens is 15. The molecule has 0 N–H and O–H groups in total. The number of hydrogen-bond acceptors (Lipinski definition) is 0. The summed E-state index contributed by atoms with van der Waals surface area (Å²) in [5.74, 6) is -1.60. The summed E-state index contributed by atoms with van der Waals surface area (Å²) in [5.41, 5.74) is 0. The first-order chi connectivity index (χ1) is 10.6. The predicted molar refractivity (Wildman–Crippen MR) is 116 cm³/mol. The lowest BCUT2D eigenvalue weighted by molar-refractivity contribution is 0.00896. The molecule has 0 radical (unpaired) electrons. The summed E-state index contributed by atoms with van der Waals surface area (Å²) in [6, 6.07) is 0. The van der Waals surface area contributed by atoms with E-state index < -0.39 is 46.5 Å². The molecule has 4 rings (SSSR count). The molecule has 4 aliphatic carbocycles. The van der Waals surface area contributed by atoms with Crippen LogP contribution in [0.4, 0.5) is 0 Å². The largest absolute Gasteiger partial charge is 0.168 e. The van der Waals surface area contributed by atoms with Gasteiger partial charge in [0.2, 0.25) is 0 Å². The smallest absolute Gasteiger partial charge is 0.109 e. The first-order valence-electron chi connectivity index (χ1n) is 5.95. The van der Waals surface area contributed by atoms with Crippen molar-refractivity contribution in [3.63, 3.8) is 0 Å². The quantitative estimate of drug-likeness (QED) is 0.230. The lowest BCUT2D eigenvalue weighted by Crippen LogP contribution is -3.02. The topological polar surface area (TPSA) is 0 Å². The molecule has 4 bridgehead atoms.